The molecule has 1 rings (SSSR count). The van der Waals surface area contributed by atoms with Crippen LogP contribution in [0, 0.1) is 5.92 Å². The summed E-state index contributed by atoms with van der Waals surface area (Å²) in [5, 5.41) is 12.0. The van der Waals surface area contributed by atoms with Gasteiger partial charge in [-0.15, -0.1) is 21.8 Å². The molecule has 0 saturated carbocycles. The molecule has 0 aliphatic carbocycles. The molecule has 0 N–H and O–H groups in total. The van der Waals surface area contributed by atoms with E-state index in [1.165, 1.54) is 4.80 Å². The third kappa shape index (κ3) is 3.72. The Balaban J connectivity index is 2.40. The number of aryl methyl sites for hydroxylation is 1. The third-order valence-electron chi connectivity index (χ3n) is 1.81. The maximum absolute atomic E-state index is 5.88. The molecule has 1 aromatic rings. The second-order valence-corrected chi connectivity index (χ2v) is 4.27. The molecule has 5 heteroatoms. The van der Waals surface area contributed by atoms with Crippen molar-refractivity contribution in [3.8, 4) is 0 Å². The molecule has 0 spiro atoms. The summed E-state index contributed by atoms with van der Waals surface area (Å²) in [6.45, 7) is 4.15. The minimum atomic E-state index is 0.215. The van der Waals surface area contributed by atoms with Crippen LogP contribution in [0.5, 0.6) is 0 Å². The summed E-state index contributed by atoms with van der Waals surface area (Å²) in [5.41, 5.74) is 0. The van der Waals surface area contributed by atoms with Crippen molar-refractivity contribution in [2.75, 3.05) is 0 Å². The maximum atomic E-state index is 5.88. The molecule has 0 aliphatic heterocycles. The highest BCUT2D eigenvalue weighted by Gasteiger charge is 2.10. The molecule has 4 nitrogen and oxygen atoms in total. The maximum Gasteiger partial charge on any atom is 0.175 e. The van der Waals surface area contributed by atoms with Crippen molar-refractivity contribution >= 4 is 11.6 Å². The molecular formula is C8H15ClN4. The zero-order valence-corrected chi connectivity index (χ0v) is 8.99. The van der Waals surface area contributed by atoms with Crippen molar-refractivity contribution in [2.24, 2.45) is 13.0 Å². The highest BCUT2D eigenvalue weighted by Crippen LogP contribution is 2.13. The van der Waals surface area contributed by atoms with Crippen molar-refractivity contribution in [3.05, 3.63) is 5.82 Å². The van der Waals surface area contributed by atoms with Crippen LogP contribution in [0.1, 0.15) is 26.1 Å². The van der Waals surface area contributed by atoms with E-state index in [0.29, 0.717) is 5.92 Å². The first-order valence-electron chi connectivity index (χ1n) is 4.45. The second-order valence-electron chi connectivity index (χ2n) is 3.52. The molecule has 0 aliphatic rings. The highest BCUT2D eigenvalue weighted by molar-refractivity contribution is 6.20. The molecule has 0 amide bonds. The van der Waals surface area contributed by atoms with E-state index >= 15 is 0 Å². The van der Waals surface area contributed by atoms with Crippen LogP contribution in [-0.4, -0.2) is 25.6 Å². The van der Waals surface area contributed by atoms with Gasteiger partial charge in [-0.2, -0.15) is 4.80 Å². The average molecular weight is 203 g/mol. The first-order valence-corrected chi connectivity index (χ1v) is 4.88. The van der Waals surface area contributed by atoms with Gasteiger partial charge < -0.3 is 0 Å². The molecule has 0 fully saturated rings. The zero-order chi connectivity index (χ0) is 9.84. The molecule has 0 radical (unpaired) electrons. The number of nitrogens with zero attached hydrogens (tertiary/aromatic N) is 4. The van der Waals surface area contributed by atoms with Gasteiger partial charge in [0.15, 0.2) is 5.82 Å². The van der Waals surface area contributed by atoms with E-state index in [1.54, 1.807) is 7.05 Å². The van der Waals surface area contributed by atoms with Gasteiger partial charge in [0.2, 0.25) is 0 Å². The first kappa shape index (κ1) is 10.4. The Morgan fingerprint density at radius 2 is 2.15 bits per heavy atom. The number of rotatable bonds is 4. The lowest BCUT2D eigenvalue weighted by molar-refractivity contribution is 0.511. The summed E-state index contributed by atoms with van der Waals surface area (Å²) < 4.78 is 0. The standard InChI is InChI=1S/C8H15ClN4/c1-6(4-7(2)9)5-8-10-12-13(3)11-8/h6-7H,4-5H2,1-3H3. The van der Waals surface area contributed by atoms with Gasteiger partial charge in [-0.3, -0.25) is 0 Å². The van der Waals surface area contributed by atoms with Gasteiger partial charge in [0, 0.05) is 11.8 Å². The van der Waals surface area contributed by atoms with Gasteiger partial charge in [0.05, 0.1) is 7.05 Å². The minimum Gasteiger partial charge on any atom is -0.167 e. The van der Waals surface area contributed by atoms with E-state index in [1.807, 2.05) is 6.92 Å². The fraction of sp³-hybridized carbons (Fsp3) is 0.875. The molecular weight excluding hydrogens is 188 g/mol. The van der Waals surface area contributed by atoms with Gasteiger partial charge in [-0.25, -0.2) is 0 Å². The van der Waals surface area contributed by atoms with Crippen molar-refractivity contribution in [1.29, 1.82) is 0 Å². The van der Waals surface area contributed by atoms with Crippen LogP contribution in [0.15, 0.2) is 0 Å². The summed E-state index contributed by atoms with van der Waals surface area (Å²) in [5.74, 6) is 1.31. The fourth-order valence-corrected chi connectivity index (χ4v) is 1.66. The van der Waals surface area contributed by atoms with Crippen LogP contribution in [0.4, 0.5) is 0 Å². The van der Waals surface area contributed by atoms with Crippen molar-refractivity contribution < 1.29 is 0 Å². The van der Waals surface area contributed by atoms with Gasteiger partial charge in [0.1, 0.15) is 0 Å². The molecule has 0 saturated heterocycles. The summed E-state index contributed by atoms with van der Waals surface area (Å²) in [6.07, 6.45) is 1.84. The Hall–Kier alpha value is -0.640. The van der Waals surface area contributed by atoms with Crippen LogP contribution < -0.4 is 0 Å². The van der Waals surface area contributed by atoms with Crippen LogP contribution in [0.25, 0.3) is 0 Å². The summed E-state index contributed by atoms with van der Waals surface area (Å²) in [6, 6.07) is 0. The monoisotopic (exact) mass is 202 g/mol. The van der Waals surface area contributed by atoms with Gasteiger partial charge in [0.25, 0.3) is 0 Å². The van der Waals surface area contributed by atoms with Crippen molar-refractivity contribution in [1.82, 2.24) is 20.2 Å². The summed E-state index contributed by atoms with van der Waals surface area (Å²) in [7, 11) is 1.77. The minimum absolute atomic E-state index is 0.215. The zero-order valence-electron chi connectivity index (χ0n) is 8.24. The van der Waals surface area contributed by atoms with Crippen LogP contribution in [0.3, 0.4) is 0 Å². The van der Waals surface area contributed by atoms with Gasteiger partial charge in [-0.1, -0.05) is 6.92 Å². The lowest BCUT2D eigenvalue weighted by Gasteiger charge is -2.09. The molecule has 2 atom stereocenters. The fourth-order valence-electron chi connectivity index (χ4n) is 1.35. The van der Waals surface area contributed by atoms with E-state index in [-0.39, 0.29) is 5.38 Å². The molecule has 13 heavy (non-hydrogen) atoms. The second kappa shape index (κ2) is 4.56. The Labute approximate surface area is 83.3 Å². The Bertz CT molecular complexity index is 258. The van der Waals surface area contributed by atoms with Gasteiger partial charge >= 0.3 is 0 Å². The predicted octanol–water partition coefficient (Wildman–Crippen LogP) is 1.41. The van der Waals surface area contributed by atoms with Crippen LogP contribution in [0.2, 0.25) is 0 Å². The number of tetrazole rings is 1. The van der Waals surface area contributed by atoms with E-state index in [0.717, 1.165) is 18.7 Å². The average Bonchev–Trinajstić information content (AvgIpc) is 2.33. The van der Waals surface area contributed by atoms with Crippen molar-refractivity contribution in [2.45, 2.75) is 32.1 Å². The third-order valence-corrected chi connectivity index (χ3v) is 1.99. The molecule has 0 aromatic carbocycles. The van der Waals surface area contributed by atoms with Crippen LogP contribution in [-0.2, 0) is 13.5 Å². The molecule has 1 aromatic heterocycles. The lowest BCUT2D eigenvalue weighted by Crippen LogP contribution is -2.07. The van der Waals surface area contributed by atoms with Crippen molar-refractivity contribution in [3.63, 3.8) is 0 Å². The quantitative estimate of drug-likeness (QED) is 0.694. The molecule has 74 valence electrons. The van der Waals surface area contributed by atoms with E-state index in [2.05, 4.69) is 22.3 Å². The number of hydrogen-bond acceptors (Lipinski definition) is 3. The Morgan fingerprint density at radius 1 is 1.46 bits per heavy atom. The number of halogens is 1. The highest BCUT2D eigenvalue weighted by atomic mass is 35.5. The first-order chi connectivity index (χ1) is 6.08. The van der Waals surface area contributed by atoms with Crippen LogP contribution >= 0.6 is 11.6 Å². The largest absolute Gasteiger partial charge is 0.175 e. The van der Waals surface area contributed by atoms with Gasteiger partial charge in [-0.05, 0) is 24.5 Å². The number of alkyl halides is 1. The number of aromatic nitrogens is 4. The summed E-state index contributed by atoms with van der Waals surface area (Å²) >= 11 is 5.88. The Kier molecular flexibility index (Phi) is 3.66. The Morgan fingerprint density at radius 3 is 2.62 bits per heavy atom. The molecule has 1 heterocycles. The molecule has 2 unspecified atom stereocenters. The van der Waals surface area contributed by atoms with E-state index in [4.69, 9.17) is 11.6 Å². The normalized spacial score (nSPS) is 15.7. The van der Waals surface area contributed by atoms with E-state index in [9.17, 15) is 0 Å². The smallest absolute Gasteiger partial charge is 0.167 e. The topological polar surface area (TPSA) is 43.6 Å². The predicted molar refractivity (Wildman–Crippen MR) is 51.6 cm³/mol. The lowest BCUT2D eigenvalue weighted by atomic mass is 10.0. The van der Waals surface area contributed by atoms with E-state index < -0.39 is 0 Å². The SMILES string of the molecule is CC(Cl)CC(C)Cc1nnn(C)n1. The summed E-state index contributed by atoms with van der Waals surface area (Å²) in [4.78, 5) is 1.48. The number of hydrogen-bond donors (Lipinski definition) is 0. The molecule has 0 bridgehead atoms.